The van der Waals surface area contributed by atoms with E-state index < -0.39 is 0 Å². The maximum Gasteiger partial charge on any atom is 0.224 e. The van der Waals surface area contributed by atoms with Gasteiger partial charge in [-0.15, -0.1) is 0 Å². The highest BCUT2D eigenvalue weighted by atomic mass is 16.5. The van der Waals surface area contributed by atoms with Crippen LogP contribution in [-0.4, -0.2) is 33.3 Å². The van der Waals surface area contributed by atoms with Crippen molar-refractivity contribution in [3.05, 3.63) is 48.0 Å². The zero-order valence-corrected chi connectivity index (χ0v) is 15.3. The molecule has 140 valence electrons. The number of carbonyl (C=O) groups is 1. The summed E-state index contributed by atoms with van der Waals surface area (Å²) in [6.45, 7) is 1.17. The number of rotatable bonds is 10. The minimum atomic E-state index is -0.108. The van der Waals surface area contributed by atoms with E-state index in [4.69, 9.17) is 19.9 Å². The zero-order valence-electron chi connectivity index (χ0n) is 15.3. The Labute approximate surface area is 154 Å². The molecule has 0 spiro atoms. The van der Waals surface area contributed by atoms with Crippen molar-refractivity contribution in [1.82, 2.24) is 0 Å². The Hall–Kier alpha value is -2.73. The summed E-state index contributed by atoms with van der Waals surface area (Å²) in [4.78, 5) is 12.0. The van der Waals surface area contributed by atoms with E-state index in [9.17, 15) is 4.79 Å². The molecule has 0 atom stereocenters. The van der Waals surface area contributed by atoms with E-state index in [1.54, 1.807) is 32.4 Å². The molecule has 2 aromatic rings. The second kappa shape index (κ2) is 10.3. The number of benzene rings is 2. The van der Waals surface area contributed by atoms with Crippen molar-refractivity contribution in [1.29, 1.82) is 0 Å². The third-order valence-corrected chi connectivity index (χ3v) is 3.87. The summed E-state index contributed by atoms with van der Waals surface area (Å²) in [6, 6.07) is 13.1. The fourth-order valence-corrected chi connectivity index (χ4v) is 2.38. The first kappa shape index (κ1) is 19.6. The molecule has 0 saturated carbocycles. The summed E-state index contributed by atoms with van der Waals surface area (Å²) >= 11 is 0. The number of carbonyl (C=O) groups excluding carboxylic acids is 1. The maximum absolute atomic E-state index is 12.0. The molecule has 2 rings (SSSR count). The molecule has 0 aromatic heterocycles. The van der Waals surface area contributed by atoms with E-state index in [-0.39, 0.29) is 5.91 Å². The Kier molecular flexibility index (Phi) is 7.76. The minimum absolute atomic E-state index is 0.108. The Bertz CT molecular complexity index is 701. The quantitative estimate of drug-likeness (QED) is 0.503. The molecule has 0 fully saturated rings. The smallest absolute Gasteiger partial charge is 0.224 e. The topological polar surface area (TPSA) is 82.8 Å². The zero-order chi connectivity index (χ0) is 18.8. The molecule has 6 nitrogen and oxygen atoms in total. The summed E-state index contributed by atoms with van der Waals surface area (Å²) < 4.78 is 15.9. The summed E-state index contributed by atoms with van der Waals surface area (Å²) in [6.07, 6.45) is 1.84. The molecular formula is C20H26N2O4. The number of nitrogens with two attached hydrogens (primary N) is 1. The van der Waals surface area contributed by atoms with Gasteiger partial charge in [-0.05, 0) is 42.7 Å². The van der Waals surface area contributed by atoms with Crippen LogP contribution < -0.4 is 20.5 Å². The second-order valence-electron chi connectivity index (χ2n) is 5.84. The highest BCUT2D eigenvalue weighted by Crippen LogP contribution is 2.24. The predicted octanol–water partition coefficient (Wildman–Crippen LogP) is 3.26. The Balaban J connectivity index is 1.71. The SMILES string of the molecule is COCCc1ccc(OCCCC(=O)Nc2cc(OC)ccc2N)cc1. The van der Waals surface area contributed by atoms with Crippen LogP contribution in [0.3, 0.4) is 0 Å². The Morgan fingerprint density at radius 2 is 1.77 bits per heavy atom. The van der Waals surface area contributed by atoms with Gasteiger partial charge in [0.1, 0.15) is 11.5 Å². The van der Waals surface area contributed by atoms with Crippen LogP contribution in [0.2, 0.25) is 0 Å². The highest BCUT2D eigenvalue weighted by Gasteiger charge is 2.07. The molecule has 0 heterocycles. The molecule has 0 radical (unpaired) electrons. The monoisotopic (exact) mass is 358 g/mol. The van der Waals surface area contributed by atoms with E-state index >= 15 is 0 Å². The lowest BCUT2D eigenvalue weighted by Gasteiger charge is -2.10. The standard InChI is InChI=1S/C20H26N2O4/c1-24-13-11-15-5-7-16(8-6-15)26-12-3-4-20(23)22-19-14-17(25-2)9-10-18(19)21/h5-10,14H,3-4,11-13,21H2,1-2H3,(H,22,23). The summed E-state index contributed by atoms with van der Waals surface area (Å²) in [5, 5.41) is 2.80. The largest absolute Gasteiger partial charge is 0.497 e. The van der Waals surface area contributed by atoms with Crippen LogP contribution in [0.25, 0.3) is 0 Å². The van der Waals surface area contributed by atoms with E-state index in [0.717, 1.165) is 12.2 Å². The Morgan fingerprint density at radius 1 is 1.04 bits per heavy atom. The minimum Gasteiger partial charge on any atom is -0.497 e. The van der Waals surface area contributed by atoms with Crippen molar-refractivity contribution in [2.24, 2.45) is 0 Å². The lowest BCUT2D eigenvalue weighted by atomic mass is 10.1. The number of ether oxygens (including phenoxy) is 3. The van der Waals surface area contributed by atoms with Gasteiger partial charge < -0.3 is 25.3 Å². The van der Waals surface area contributed by atoms with Crippen molar-refractivity contribution in [3.8, 4) is 11.5 Å². The van der Waals surface area contributed by atoms with Crippen LogP contribution in [0.5, 0.6) is 11.5 Å². The molecule has 0 aliphatic rings. The summed E-state index contributed by atoms with van der Waals surface area (Å²) in [7, 11) is 3.26. The molecule has 0 saturated heterocycles. The van der Waals surface area contributed by atoms with E-state index in [1.165, 1.54) is 5.56 Å². The van der Waals surface area contributed by atoms with Crippen molar-refractivity contribution < 1.29 is 19.0 Å². The third-order valence-electron chi connectivity index (χ3n) is 3.87. The van der Waals surface area contributed by atoms with Gasteiger partial charge in [0.15, 0.2) is 0 Å². The van der Waals surface area contributed by atoms with E-state index in [1.807, 2.05) is 24.3 Å². The number of hydrogen-bond donors (Lipinski definition) is 2. The van der Waals surface area contributed by atoms with Gasteiger partial charge in [-0.1, -0.05) is 12.1 Å². The van der Waals surface area contributed by atoms with E-state index in [0.29, 0.717) is 43.2 Å². The average molecular weight is 358 g/mol. The number of nitrogen functional groups attached to an aromatic ring is 1. The first-order chi connectivity index (χ1) is 12.6. The van der Waals surface area contributed by atoms with Gasteiger partial charge in [0, 0.05) is 19.6 Å². The van der Waals surface area contributed by atoms with Gasteiger partial charge in [0.05, 0.1) is 31.7 Å². The van der Waals surface area contributed by atoms with Crippen LogP contribution in [0.15, 0.2) is 42.5 Å². The van der Waals surface area contributed by atoms with Crippen LogP contribution in [-0.2, 0) is 16.0 Å². The number of hydrogen-bond acceptors (Lipinski definition) is 5. The highest BCUT2D eigenvalue weighted by molar-refractivity contribution is 5.94. The predicted molar refractivity (Wildman–Crippen MR) is 103 cm³/mol. The van der Waals surface area contributed by atoms with Gasteiger partial charge >= 0.3 is 0 Å². The molecule has 6 heteroatoms. The number of amides is 1. The molecule has 0 unspecified atom stereocenters. The number of nitrogens with one attached hydrogen (secondary N) is 1. The lowest BCUT2D eigenvalue weighted by Crippen LogP contribution is -2.14. The molecule has 26 heavy (non-hydrogen) atoms. The van der Waals surface area contributed by atoms with Crippen molar-refractivity contribution in [3.63, 3.8) is 0 Å². The van der Waals surface area contributed by atoms with Gasteiger partial charge in [-0.2, -0.15) is 0 Å². The van der Waals surface area contributed by atoms with Crippen LogP contribution in [0.4, 0.5) is 11.4 Å². The summed E-state index contributed by atoms with van der Waals surface area (Å²) in [5.41, 5.74) is 8.13. The van der Waals surface area contributed by atoms with Gasteiger partial charge in [-0.25, -0.2) is 0 Å². The normalized spacial score (nSPS) is 10.4. The van der Waals surface area contributed by atoms with Crippen LogP contribution in [0, 0.1) is 0 Å². The Morgan fingerprint density at radius 3 is 2.46 bits per heavy atom. The fraction of sp³-hybridized carbons (Fsp3) is 0.350. The molecular weight excluding hydrogens is 332 g/mol. The van der Waals surface area contributed by atoms with Crippen molar-refractivity contribution in [2.75, 3.05) is 38.5 Å². The first-order valence-electron chi connectivity index (χ1n) is 8.56. The second-order valence-corrected chi connectivity index (χ2v) is 5.84. The van der Waals surface area contributed by atoms with Crippen LogP contribution in [0.1, 0.15) is 18.4 Å². The molecule has 0 aliphatic carbocycles. The summed E-state index contributed by atoms with van der Waals surface area (Å²) in [5.74, 6) is 1.33. The van der Waals surface area contributed by atoms with Gasteiger partial charge in [0.25, 0.3) is 0 Å². The number of methoxy groups -OCH3 is 2. The molecule has 0 bridgehead atoms. The molecule has 2 aromatic carbocycles. The average Bonchev–Trinajstić information content (AvgIpc) is 2.66. The molecule has 0 aliphatic heterocycles. The number of anilines is 2. The fourth-order valence-electron chi connectivity index (χ4n) is 2.38. The first-order valence-corrected chi connectivity index (χ1v) is 8.56. The molecule has 1 amide bonds. The van der Waals surface area contributed by atoms with Gasteiger partial charge in [0.2, 0.25) is 5.91 Å². The van der Waals surface area contributed by atoms with E-state index in [2.05, 4.69) is 5.32 Å². The molecule has 3 N–H and O–H groups in total. The van der Waals surface area contributed by atoms with Crippen LogP contribution >= 0.6 is 0 Å². The van der Waals surface area contributed by atoms with Crippen molar-refractivity contribution >= 4 is 17.3 Å². The third kappa shape index (κ3) is 6.29. The maximum atomic E-state index is 12.0. The lowest BCUT2D eigenvalue weighted by molar-refractivity contribution is -0.116. The van der Waals surface area contributed by atoms with Gasteiger partial charge in [-0.3, -0.25) is 4.79 Å². The van der Waals surface area contributed by atoms with Crippen molar-refractivity contribution in [2.45, 2.75) is 19.3 Å².